The SMILES string of the molecule is COC(=O)C(C)NC(=O)C(C)NC(=O)C(C)NC(=O)C(C)NC(C)=O. The lowest BCUT2D eigenvalue weighted by atomic mass is 10.2. The van der Waals surface area contributed by atoms with Crippen LogP contribution in [0.25, 0.3) is 0 Å². The molecule has 10 nitrogen and oxygen atoms in total. The van der Waals surface area contributed by atoms with Crippen LogP contribution in [0.2, 0.25) is 0 Å². The Morgan fingerprint density at radius 1 is 0.640 bits per heavy atom. The highest BCUT2D eigenvalue weighted by molar-refractivity contribution is 5.94. The number of amides is 4. The Hall–Kier alpha value is -2.65. The van der Waals surface area contributed by atoms with Gasteiger partial charge in [-0.15, -0.1) is 0 Å². The summed E-state index contributed by atoms with van der Waals surface area (Å²) in [7, 11) is 1.20. The summed E-state index contributed by atoms with van der Waals surface area (Å²) in [6.45, 7) is 7.08. The van der Waals surface area contributed by atoms with E-state index in [0.29, 0.717) is 0 Å². The van der Waals surface area contributed by atoms with Crippen molar-refractivity contribution in [1.82, 2.24) is 21.3 Å². The molecule has 0 aromatic carbocycles. The first-order valence-electron chi connectivity index (χ1n) is 7.75. The summed E-state index contributed by atoms with van der Waals surface area (Å²) in [4.78, 5) is 57.9. The summed E-state index contributed by atoms with van der Waals surface area (Å²) in [5, 5.41) is 9.63. The molecule has 4 atom stereocenters. The van der Waals surface area contributed by atoms with Gasteiger partial charge in [-0.25, -0.2) is 4.79 Å². The zero-order valence-corrected chi connectivity index (χ0v) is 15.3. The molecule has 0 aromatic heterocycles. The third kappa shape index (κ3) is 8.13. The average molecular weight is 358 g/mol. The largest absolute Gasteiger partial charge is 0.467 e. The third-order valence-corrected chi connectivity index (χ3v) is 3.23. The Balaban J connectivity index is 4.50. The summed E-state index contributed by atoms with van der Waals surface area (Å²) in [5.41, 5.74) is 0. The summed E-state index contributed by atoms with van der Waals surface area (Å²) in [6, 6.07) is -3.49. The van der Waals surface area contributed by atoms with Crippen LogP contribution in [0.1, 0.15) is 34.6 Å². The number of hydrogen-bond donors (Lipinski definition) is 4. The van der Waals surface area contributed by atoms with Crippen LogP contribution >= 0.6 is 0 Å². The molecule has 10 heteroatoms. The molecular formula is C15H26N4O6. The molecule has 0 spiro atoms. The van der Waals surface area contributed by atoms with Gasteiger partial charge in [-0.1, -0.05) is 0 Å². The van der Waals surface area contributed by atoms with Crippen molar-refractivity contribution in [1.29, 1.82) is 0 Å². The van der Waals surface area contributed by atoms with Gasteiger partial charge in [-0.2, -0.15) is 0 Å². The minimum Gasteiger partial charge on any atom is -0.467 e. The number of hydrogen-bond acceptors (Lipinski definition) is 6. The fraction of sp³-hybridized carbons (Fsp3) is 0.667. The van der Waals surface area contributed by atoms with Gasteiger partial charge in [0, 0.05) is 6.92 Å². The molecule has 25 heavy (non-hydrogen) atoms. The van der Waals surface area contributed by atoms with Crippen molar-refractivity contribution in [3.63, 3.8) is 0 Å². The molecule has 0 aliphatic carbocycles. The van der Waals surface area contributed by atoms with Gasteiger partial charge in [-0.3, -0.25) is 19.2 Å². The van der Waals surface area contributed by atoms with E-state index in [1.54, 1.807) is 0 Å². The Labute approximate surface area is 146 Å². The molecule has 0 bridgehead atoms. The van der Waals surface area contributed by atoms with Crippen molar-refractivity contribution in [2.75, 3.05) is 7.11 Å². The van der Waals surface area contributed by atoms with Crippen LogP contribution in [0.4, 0.5) is 0 Å². The first-order valence-corrected chi connectivity index (χ1v) is 7.75. The molecule has 0 aliphatic heterocycles. The van der Waals surface area contributed by atoms with E-state index in [9.17, 15) is 24.0 Å². The summed E-state index contributed by atoms with van der Waals surface area (Å²) < 4.78 is 4.49. The van der Waals surface area contributed by atoms with E-state index in [1.165, 1.54) is 41.7 Å². The lowest BCUT2D eigenvalue weighted by molar-refractivity contribution is -0.144. The van der Waals surface area contributed by atoms with E-state index in [1.807, 2.05) is 0 Å². The Kier molecular flexibility index (Phi) is 9.18. The maximum absolute atomic E-state index is 12.0. The molecule has 0 rings (SSSR count). The van der Waals surface area contributed by atoms with Crippen molar-refractivity contribution >= 4 is 29.6 Å². The van der Waals surface area contributed by atoms with Crippen LogP contribution in [0.5, 0.6) is 0 Å². The second kappa shape index (κ2) is 10.3. The van der Waals surface area contributed by atoms with Crippen LogP contribution < -0.4 is 21.3 Å². The second-order valence-corrected chi connectivity index (χ2v) is 5.64. The molecule has 0 saturated heterocycles. The first-order chi connectivity index (χ1) is 11.5. The molecule has 4 N–H and O–H groups in total. The molecule has 0 aliphatic rings. The average Bonchev–Trinajstić information content (AvgIpc) is 2.52. The van der Waals surface area contributed by atoms with E-state index < -0.39 is 47.9 Å². The molecule has 4 amide bonds. The maximum Gasteiger partial charge on any atom is 0.328 e. The number of carbonyl (C=O) groups is 5. The minimum atomic E-state index is -0.924. The highest BCUT2D eigenvalue weighted by Gasteiger charge is 2.25. The lowest BCUT2D eigenvalue weighted by Crippen LogP contribution is -2.55. The molecule has 0 saturated carbocycles. The standard InChI is InChI=1S/C15H26N4O6/c1-7(16-11(5)20)12(21)17-8(2)13(22)18-9(3)14(23)19-10(4)15(24)25-6/h7-10H,1-6H3,(H,16,20)(H,17,21)(H,18,22)(H,19,23). The van der Waals surface area contributed by atoms with Crippen LogP contribution in [0.15, 0.2) is 0 Å². The first kappa shape index (κ1) is 22.4. The number of esters is 1. The molecule has 142 valence electrons. The predicted octanol–water partition coefficient (Wildman–Crippen LogP) is -1.80. The number of nitrogens with one attached hydrogen (secondary N) is 4. The van der Waals surface area contributed by atoms with E-state index in [0.717, 1.165) is 0 Å². The Bertz CT molecular complexity index is 536. The van der Waals surface area contributed by atoms with E-state index >= 15 is 0 Å². The summed E-state index contributed by atoms with van der Waals surface area (Å²) in [6.07, 6.45) is 0. The van der Waals surface area contributed by atoms with E-state index in [2.05, 4.69) is 26.0 Å². The highest BCUT2D eigenvalue weighted by Crippen LogP contribution is 1.92. The van der Waals surface area contributed by atoms with Crippen LogP contribution in [-0.4, -0.2) is 60.9 Å². The lowest BCUT2D eigenvalue weighted by Gasteiger charge is -2.21. The third-order valence-electron chi connectivity index (χ3n) is 3.23. The quantitative estimate of drug-likeness (QED) is 0.377. The number of methoxy groups -OCH3 is 1. The minimum absolute atomic E-state index is 0.371. The van der Waals surface area contributed by atoms with Gasteiger partial charge in [0.05, 0.1) is 7.11 Å². The molecule has 0 fully saturated rings. The van der Waals surface area contributed by atoms with Crippen molar-refractivity contribution in [3.8, 4) is 0 Å². The fourth-order valence-electron chi connectivity index (χ4n) is 1.75. The summed E-state index contributed by atoms with van der Waals surface area (Å²) in [5.74, 6) is -2.67. The van der Waals surface area contributed by atoms with Gasteiger partial charge in [0.1, 0.15) is 24.2 Å². The predicted molar refractivity (Wildman–Crippen MR) is 88.1 cm³/mol. The number of carbonyl (C=O) groups excluding carboxylic acids is 5. The normalized spacial score (nSPS) is 15.0. The molecular weight excluding hydrogens is 332 g/mol. The zero-order valence-electron chi connectivity index (χ0n) is 15.3. The second-order valence-electron chi connectivity index (χ2n) is 5.64. The Morgan fingerprint density at radius 3 is 1.28 bits per heavy atom. The topological polar surface area (TPSA) is 143 Å². The molecule has 0 heterocycles. The van der Waals surface area contributed by atoms with Gasteiger partial charge in [0.15, 0.2) is 0 Å². The smallest absolute Gasteiger partial charge is 0.328 e. The van der Waals surface area contributed by atoms with Crippen molar-refractivity contribution in [2.45, 2.75) is 58.8 Å². The van der Waals surface area contributed by atoms with Gasteiger partial charge in [0.25, 0.3) is 0 Å². The van der Waals surface area contributed by atoms with Crippen LogP contribution in [-0.2, 0) is 28.7 Å². The van der Waals surface area contributed by atoms with Gasteiger partial charge in [-0.05, 0) is 27.7 Å². The van der Waals surface area contributed by atoms with Gasteiger partial charge in [0.2, 0.25) is 23.6 Å². The summed E-state index contributed by atoms with van der Waals surface area (Å²) >= 11 is 0. The number of rotatable bonds is 8. The zero-order chi connectivity index (χ0) is 19.7. The monoisotopic (exact) mass is 358 g/mol. The van der Waals surface area contributed by atoms with Crippen LogP contribution in [0.3, 0.4) is 0 Å². The van der Waals surface area contributed by atoms with E-state index in [4.69, 9.17) is 0 Å². The molecule has 4 unspecified atom stereocenters. The Morgan fingerprint density at radius 2 is 0.960 bits per heavy atom. The molecule has 0 radical (unpaired) electrons. The van der Waals surface area contributed by atoms with Crippen LogP contribution in [0, 0.1) is 0 Å². The number of ether oxygens (including phenoxy) is 1. The van der Waals surface area contributed by atoms with Crippen molar-refractivity contribution in [3.05, 3.63) is 0 Å². The maximum atomic E-state index is 12.0. The fourth-order valence-corrected chi connectivity index (χ4v) is 1.75. The van der Waals surface area contributed by atoms with Gasteiger partial charge >= 0.3 is 5.97 Å². The van der Waals surface area contributed by atoms with Gasteiger partial charge < -0.3 is 26.0 Å². The van der Waals surface area contributed by atoms with E-state index in [-0.39, 0.29) is 5.91 Å². The highest BCUT2D eigenvalue weighted by atomic mass is 16.5. The molecule has 0 aromatic rings. The van der Waals surface area contributed by atoms with Crippen molar-refractivity contribution in [2.24, 2.45) is 0 Å². The van der Waals surface area contributed by atoms with Crippen molar-refractivity contribution < 1.29 is 28.7 Å².